The van der Waals surface area contributed by atoms with Gasteiger partial charge in [-0.1, -0.05) is 32.9 Å². The Morgan fingerprint density at radius 3 is 1.83 bits per heavy atom. The van der Waals surface area contributed by atoms with Crippen molar-refractivity contribution >= 4 is 20.0 Å². The van der Waals surface area contributed by atoms with Gasteiger partial charge >= 0.3 is 0 Å². The van der Waals surface area contributed by atoms with Crippen LogP contribution in [-0.4, -0.2) is 52.2 Å². The minimum atomic E-state index is -3.83. The highest BCUT2D eigenvalue weighted by atomic mass is 32.2. The number of methoxy groups -OCH3 is 1. The quantitative estimate of drug-likeness (QED) is 0.549. The van der Waals surface area contributed by atoms with Crippen molar-refractivity contribution in [1.82, 2.24) is 8.61 Å². The van der Waals surface area contributed by atoms with E-state index in [0.717, 1.165) is 5.56 Å². The summed E-state index contributed by atoms with van der Waals surface area (Å²) in [5.74, 6) is 0.652. The minimum Gasteiger partial charge on any atom is -0.497 e. The van der Waals surface area contributed by atoms with Gasteiger partial charge in [0.15, 0.2) is 0 Å². The zero-order chi connectivity index (χ0) is 22.5. The molecule has 30 heavy (non-hydrogen) atoms. The predicted octanol–water partition coefficient (Wildman–Crippen LogP) is 3.50. The van der Waals surface area contributed by atoms with Crippen molar-refractivity contribution in [3.8, 4) is 5.75 Å². The van der Waals surface area contributed by atoms with Gasteiger partial charge in [0.05, 0.1) is 16.9 Å². The molecule has 0 saturated heterocycles. The number of ether oxygens (including phenoxy) is 1. The molecule has 9 heteroatoms. The summed E-state index contributed by atoms with van der Waals surface area (Å²) in [6.07, 6.45) is 0. The Hall–Kier alpha value is -1.94. The molecule has 0 amide bonds. The molecule has 2 aromatic rings. The topological polar surface area (TPSA) is 84.0 Å². The Labute approximate surface area is 180 Å². The molecule has 2 rings (SSSR count). The third-order valence-corrected chi connectivity index (χ3v) is 9.22. The maximum atomic E-state index is 13.3. The van der Waals surface area contributed by atoms with E-state index in [1.165, 1.54) is 32.9 Å². The molecule has 0 spiro atoms. The van der Waals surface area contributed by atoms with Crippen molar-refractivity contribution in [1.29, 1.82) is 0 Å². The van der Waals surface area contributed by atoms with Crippen LogP contribution in [0.5, 0.6) is 5.75 Å². The standard InChI is InChI=1S/C21H30N2O5S2/c1-6-22(7-2)29(24,25)20-12-14-21(15-13-20)30(26,27)23(8-3)17(4)18-10-9-11-19(16-18)28-5/h9-17H,6-8H2,1-5H3. The van der Waals surface area contributed by atoms with E-state index >= 15 is 0 Å². The summed E-state index contributed by atoms with van der Waals surface area (Å²) in [6, 6.07) is 12.3. The smallest absolute Gasteiger partial charge is 0.243 e. The highest BCUT2D eigenvalue weighted by Crippen LogP contribution is 2.29. The molecule has 7 nitrogen and oxygen atoms in total. The Kier molecular flexibility index (Phi) is 8.04. The van der Waals surface area contributed by atoms with E-state index in [1.807, 2.05) is 25.1 Å². The molecule has 0 heterocycles. The van der Waals surface area contributed by atoms with E-state index in [1.54, 1.807) is 33.9 Å². The third kappa shape index (κ3) is 4.85. The van der Waals surface area contributed by atoms with Gasteiger partial charge < -0.3 is 4.74 Å². The van der Waals surface area contributed by atoms with E-state index in [-0.39, 0.29) is 16.3 Å². The number of hydrogen-bond acceptors (Lipinski definition) is 5. The number of rotatable bonds is 10. The Morgan fingerprint density at radius 2 is 1.37 bits per heavy atom. The third-order valence-electron chi connectivity index (χ3n) is 5.09. The SMILES string of the molecule is CCN(CC)S(=O)(=O)c1ccc(S(=O)(=O)N(CC)C(C)c2cccc(OC)c2)cc1. The number of nitrogens with zero attached hydrogens (tertiary/aromatic N) is 2. The average molecular weight is 455 g/mol. The summed E-state index contributed by atoms with van der Waals surface area (Å²) in [7, 11) is -5.91. The Balaban J connectivity index is 2.39. The largest absolute Gasteiger partial charge is 0.497 e. The lowest BCUT2D eigenvalue weighted by molar-refractivity contribution is 0.354. The molecule has 0 fully saturated rings. The lowest BCUT2D eigenvalue weighted by Crippen LogP contribution is -2.33. The van der Waals surface area contributed by atoms with Gasteiger partial charge in [0.2, 0.25) is 20.0 Å². The van der Waals surface area contributed by atoms with E-state index in [0.29, 0.717) is 18.8 Å². The maximum Gasteiger partial charge on any atom is 0.243 e. The molecule has 0 aromatic heterocycles. The van der Waals surface area contributed by atoms with Gasteiger partial charge in [-0.15, -0.1) is 0 Å². The summed E-state index contributed by atoms with van der Waals surface area (Å²) in [5.41, 5.74) is 0.806. The van der Waals surface area contributed by atoms with Crippen LogP contribution in [0.4, 0.5) is 0 Å². The van der Waals surface area contributed by atoms with Gasteiger partial charge in [0.1, 0.15) is 5.75 Å². The highest BCUT2D eigenvalue weighted by molar-refractivity contribution is 7.89. The van der Waals surface area contributed by atoms with Gasteiger partial charge in [-0.05, 0) is 48.9 Å². The van der Waals surface area contributed by atoms with Gasteiger partial charge in [-0.2, -0.15) is 8.61 Å². The minimum absolute atomic E-state index is 0.0533. The van der Waals surface area contributed by atoms with Crippen LogP contribution in [0.2, 0.25) is 0 Å². The van der Waals surface area contributed by atoms with Crippen LogP contribution in [0.15, 0.2) is 58.3 Å². The van der Waals surface area contributed by atoms with Gasteiger partial charge in [0.25, 0.3) is 0 Å². The Morgan fingerprint density at radius 1 is 0.833 bits per heavy atom. The average Bonchev–Trinajstić information content (AvgIpc) is 2.74. The molecule has 0 aliphatic heterocycles. The van der Waals surface area contributed by atoms with Crippen LogP contribution in [-0.2, 0) is 20.0 Å². The van der Waals surface area contributed by atoms with Crippen molar-refractivity contribution in [2.75, 3.05) is 26.7 Å². The molecule has 0 aliphatic carbocycles. The summed E-state index contributed by atoms with van der Waals surface area (Å²) in [6.45, 7) is 8.07. The summed E-state index contributed by atoms with van der Waals surface area (Å²) in [5, 5.41) is 0. The van der Waals surface area contributed by atoms with Crippen LogP contribution in [0, 0.1) is 0 Å². The van der Waals surface area contributed by atoms with Crippen molar-refractivity contribution in [2.24, 2.45) is 0 Å². The summed E-state index contributed by atoms with van der Waals surface area (Å²) < 4.78 is 59.8. The Bertz CT molecular complexity index is 1050. The summed E-state index contributed by atoms with van der Waals surface area (Å²) >= 11 is 0. The molecular formula is C21H30N2O5S2. The zero-order valence-electron chi connectivity index (χ0n) is 18.1. The van der Waals surface area contributed by atoms with Crippen LogP contribution < -0.4 is 4.74 Å². The van der Waals surface area contributed by atoms with E-state index < -0.39 is 26.1 Å². The number of hydrogen-bond donors (Lipinski definition) is 0. The van der Waals surface area contributed by atoms with E-state index in [9.17, 15) is 16.8 Å². The zero-order valence-corrected chi connectivity index (χ0v) is 19.7. The lowest BCUT2D eigenvalue weighted by atomic mass is 10.1. The fourth-order valence-corrected chi connectivity index (χ4v) is 6.44. The second-order valence-electron chi connectivity index (χ2n) is 6.72. The molecule has 0 radical (unpaired) electrons. The first kappa shape index (κ1) is 24.3. The van der Waals surface area contributed by atoms with Gasteiger partial charge in [-0.25, -0.2) is 16.8 Å². The molecule has 1 unspecified atom stereocenters. The first-order valence-corrected chi connectivity index (χ1v) is 12.8. The fourth-order valence-electron chi connectivity index (χ4n) is 3.35. The fraction of sp³-hybridized carbons (Fsp3) is 0.429. The molecule has 0 bridgehead atoms. The normalized spacial score (nSPS) is 13.6. The van der Waals surface area contributed by atoms with Gasteiger partial charge in [0, 0.05) is 25.7 Å². The van der Waals surface area contributed by atoms with Gasteiger partial charge in [-0.3, -0.25) is 0 Å². The highest BCUT2D eigenvalue weighted by Gasteiger charge is 2.30. The van der Waals surface area contributed by atoms with Crippen LogP contribution in [0.25, 0.3) is 0 Å². The molecule has 0 aliphatic rings. The lowest BCUT2D eigenvalue weighted by Gasteiger charge is -2.28. The first-order chi connectivity index (χ1) is 14.1. The molecule has 1 atom stereocenters. The van der Waals surface area contributed by atoms with E-state index in [2.05, 4.69) is 0 Å². The van der Waals surface area contributed by atoms with Crippen molar-refractivity contribution in [2.45, 2.75) is 43.5 Å². The predicted molar refractivity (Wildman–Crippen MR) is 118 cm³/mol. The second-order valence-corrected chi connectivity index (χ2v) is 10.6. The number of benzene rings is 2. The second kappa shape index (κ2) is 9.91. The molecule has 166 valence electrons. The first-order valence-electron chi connectivity index (χ1n) is 9.89. The van der Waals surface area contributed by atoms with Crippen molar-refractivity contribution in [3.63, 3.8) is 0 Å². The summed E-state index contributed by atoms with van der Waals surface area (Å²) in [4.78, 5) is 0.131. The molecule has 0 N–H and O–H groups in total. The van der Waals surface area contributed by atoms with Crippen LogP contribution in [0.3, 0.4) is 0 Å². The molecule has 0 saturated carbocycles. The monoisotopic (exact) mass is 454 g/mol. The van der Waals surface area contributed by atoms with Crippen molar-refractivity contribution < 1.29 is 21.6 Å². The maximum absolute atomic E-state index is 13.3. The number of sulfonamides is 2. The van der Waals surface area contributed by atoms with Crippen LogP contribution in [0.1, 0.15) is 39.3 Å². The molecule has 2 aromatic carbocycles. The molecular weight excluding hydrogens is 424 g/mol. The van der Waals surface area contributed by atoms with E-state index in [4.69, 9.17) is 4.74 Å². The van der Waals surface area contributed by atoms with Crippen molar-refractivity contribution in [3.05, 3.63) is 54.1 Å². The van der Waals surface area contributed by atoms with Crippen LogP contribution >= 0.6 is 0 Å².